The number of urea groups is 1. The zero-order valence-electron chi connectivity index (χ0n) is 18.7. The van der Waals surface area contributed by atoms with E-state index in [2.05, 4.69) is 25.7 Å². The SMILES string of the molecule is Cc1nc(Oc2ccc(NC(=O)Nc3cccc(Cl)c3)cc2)cc(-n2nc(C)c(C)c2C)n1. The lowest BCUT2D eigenvalue weighted by molar-refractivity contribution is 0.262. The van der Waals surface area contributed by atoms with Crippen molar-refractivity contribution in [2.24, 2.45) is 0 Å². The minimum Gasteiger partial charge on any atom is -0.439 e. The van der Waals surface area contributed by atoms with Crippen LogP contribution in [-0.2, 0) is 0 Å². The molecule has 9 heteroatoms. The molecule has 0 atom stereocenters. The zero-order valence-corrected chi connectivity index (χ0v) is 19.4. The molecule has 0 spiro atoms. The molecule has 2 heterocycles. The van der Waals surface area contributed by atoms with Gasteiger partial charge in [0.15, 0.2) is 5.82 Å². The van der Waals surface area contributed by atoms with Gasteiger partial charge in [-0.1, -0.05) is 17.7 Å². The largest absolute Gasteiger partial charge is 0.439 e. The summed E-state index contributed by atoms with van der Waals surface area (Å²) in [6.45, 7) is 7.81. The van der Waals surface area contributed by atoms with Crippen LogP contribution in [-0.4, -0.2) is 25.8 Å². The average Bonchev–Trinajstić information content (AvgIpc) is 3.02. The predicted octanol–water partition coefficient (Wildman–Crippen LogP) is 5.99. The highest BCUT2D eigenvalue weighted by molar-refractivity contribution is 6.30. The first-order valence-electron chi connectivity index (χ1n) is 10.3. The molecular formula is C24H23ClN6O2. The number of carbonyl (C=O) groups excluding carboxylic acids is 1. The van der Waals surface area contributed by atoms with E-state index in [1.807, 2.05) is 20.8 Å². The number of carbonyl (C=O) groups is 1. The number of ether oxygens (including phenoxy) is 1. The van der Waals surface area contributed by atoms with Crippen molar-refractivity contribution in [3.8, 4) is 17.4 Å². The minimum absolute atomic E-state index is 0.373. The van der Waals surface area contributed by atoms with E-state index in [1.165, 1.54) is 0 Å². The average molecular weight is 463 g/mol. The molecule has 4 aromatic rings. The van der Waals surface area contributed by atoms with Crippen LogP contribution in [0, 0.1) is 27.7 Å². The summed E-state index contributed by atoms with van der Waals surface area (Å²) in [5.74, 6) is 2.19. The van der Waals surface area contributed by atoms with E-state index in [0.29, 0.717) is 39.7 Å². The van der Waals surface area contributed by atoms with Crippen LogP contribution in [0.5, 0.6) is 11.6 Å². The van der Waals surface area contributed by atoms with E-state index in [0.717, 1.165) is 17.0 Å². The van der Waals surface area contributed by atoms with Gasteiger partial charge in [0, 0.05) is 28.2 Å². The second kappa shape index (κ2) is 9.30. The Morgan fingerprint density at radius 3 is 2.33 bits per heavy atom. The fraction of sp³-hybridized carbons (Fsp3) is 0.167. The molecular weight excluding hydrogens is 440 g/mol. The minimum atomic E-state index is -0.373. The molecule has 0 aliphatic heterocycles. The third-order valence-electron chi connectivity index (χ3n) is 5.09. The molecule has 2 aromatic heterocycles. The first-order valence-corrected chi connectivity index (χ1v) is 10.7. The van der Waals surface area contributed by atoms with Crippen molar-refractivity contribution in [3.63, 3.8) is 0 Å². The quantitative estimate of drug-likeness (QED) is 0.380. The first-order chi connectivity index (χ1) is 15.8. The predicted molar refractivity (Wildman–Crippen MR) is 129 cm³/mol. The van der Waals surface area contributed by atoms with Gasteiger partial charge in [-0.15, -0.1) is 0 Å². The number of aryl methyl sites for hydroxylation is 2. The van der Waals surface area contributed by atoms with E-state index in [1.54, 1.807) is 66.2 Å². The summed E-state index contributed by atoms with van der Waals surface area (Å²) in [5, 5.41) is 10.6. The van der Waals surface area contributed by atoms with Crippen molar-refractivity contribution in [2.75, 3.05) is 10.6 Å². The number of nitrogens with zero attached hydrogens (tertiary/aromatic N) is 4. The van der Waals surface area contributed by atoms with E-state index >= 15 is 0 Å². The third kappa shape index (κ3) is 5.30. The number of amides is 2. The summed E-state index contributed by atoms with van der Waals surface area (Å²) in [6.07, 6.45) is 0. The number of rotatable bonds is 5. The van der Waals surface area contributed by atoms with Crippen LogP contribution in [0.2, 0.25) is 5.02 Å². The van der Waals surface area contributed by atoms with Gasteiger partial charge in [-0.3, -0.25) is 0 Å². The van der Waals surface area contributed by atoms with Crippen LogP contribution in [0.4, 0.5) is 16.2 Å². The molecule has 168 valence electrons. The maximum absolute atomic E-state index is 12.2. The molecule has 8 nitrogen and oxygen atoms in total. The Kier molecular flexibility index (Phi) is 6.28. The normalized spacial score (nSPS) is 10.7. The third-order valence-corrected chi connectivity index (χ3v) is 5.32. The Hall–Kier alpha value is -3.91. The number of aromatic nitrogens is 4. The van der Waals surface area contributed by atoms with E-state index < -0.39 is 0 Å². The van der Waals surface area contributed by atoms with Gasteiger partial charge in [-0.05, 0) is 75.7 Å². The smallest absolute Gasteiger partial charge is 0.323 e. The van der Waals surface area contributed by atoms with Crippen LogP contribution >= 0.6 is 11.6 Å². The molecule has 2 N–H and O–H groups in total. The van der Waals surface area contributed by atoms with Gasteiger partial charge in [0.05, 0.1) is 5.69 Å². The highest BCUT2D eigenvalue weighted by atomic mass is 35.5. The fourth-order valence-electron chi connectivity index (χ4n) is 3.22. The number of hydrogen-bond acceptors (Lipinski definition) is 5. The summed E-state index contributed by atoms with van der Waals surface area (Å²) in [5.41, 5.74) is 4.31. The van der Waals surface area contributed by atoms with E-state index in [4.69, 9.17) is 16.3 Å². The number of nitrogens with one attached hydrogen (secondary N) is 2. The van der Waals surface area contributed by atoms with Crippen LogP contribution in [0.1, 0.15) is 22.8 Å². The van der Waals surface area contributed by atoms with E-state index in [-0.39, 0.29) is 6.03 Å². The maximum atomic E-state index is 12.2. The van der Waals surface area contributed by atoms with Crippen molar-refractivity contribution < 1.29 is 9.53 Å². The van der Waals surface area contributed by atoms with Crippen molar-refractivity contribution in [2.45, 2.75) is 27.7 Å². The number of benzene rings is 2. The Bertz CT molecular complexity index is 1320. The molecule has 2 aromatic carbocycles. The lowest BCUT2D eigenvalue weighted by Crippen LogP contribution is -2.19. The van der Waals surface area contributed by atoms with Crippen molar-refractivity contribution >= 4 is 29.0 Å². The second-order valence-corrected chi connectivity index (χ2v) is 7.97. The van der Waals surface area contributed by atoms with Gasteiger partial charge in [0.2, 0.25) is 5.88 Å². The molecule has 4 rings (SSSR count). The van der Waals surface area contributed by atoms with Crippen LogP contribution in [0.25, 0.3) is 5.82 Å². The highest BCUT2D eigenvalue weighted by Crippen LogP contribution is 2.24. The van der Waals surface area contributed by atoms with Gasteiger partial charge in [0.1, 0.15) is 11.6 Å². The van der Waals surface area contributed by atoms with Crippen LogP contribution < -0.4 is 15.4 Å². The Balaban J connectivity index is 1.45. The topological polar surface area (TPSA) is 94.0 Å². The van der Waals surface area contributed by atoms with Gasteiger partial charge >= 0.3 is 6.03 Å². The molecule has 0 aliphatic rings. The van der Waals surface area contributed by atoms with Crippen molar-refractivity contribution in [3.05, 3.63) is 82.4 Å². The Morgan fingerprint density at radius 2 is 1.67 bits per heavy atom. The zero-order chi connectivity index (χ0) is 23.5. The molecule has 0 unspecified atom stereocenters. The van der Waals surface area contributed by atoms with Gasteiger partial charge in [-0.2, -0.15) is 10.1 Å². The summed E-state index contributed by atoms with van der Waals surface area (Å²) in [7, 11) is 0. The van der Waals surface area contributed by atoms with E-state index in [9.17, 15) is 4.79 Å². The molecule has 0 aliphatic carbocycles. The highest BCUT2D eigenvalue weighted by Gasteiger charge is 2.13. The molecule has 0 saturated heterocycles. The maximum Gasteiger partial charge on any atom is 0.323 e. The fourth-order valence-corrected chi connectivity index (χ4v) is 3.41. The Morgan fingerprint density at radius 1 is 0.939 bits per heavy atom. The van der Waals surface area contributed by atoms with Crippen molar-refractivity contribution in [1.29, 1.82) is 0 Å². The summed E-state index contributed by atoms with van der Waals surface area (Å²) < 4.78 is 7.72. The molecule has 33 heavy (non-hydrogen) atoms. The van der Waals surface area contributed by atoms with Gasteiger partial charge in [-0.25, -0.2) is 14.5 Å². The first kappa shape index (κ1) is 22.3. The molecule has 0 saturated carbocycles. The van der Waals surface area contributed by atoms with Crippen LogP contribution in [0.15, 0.2) is 54.6 Å². The number of anilines is 2. The van der Waals surface area contributed by atoms with Crippen molar-refractivity contribution in [1.82, 2.24) is 19.7 Å². The summed E-state index contributed by atoms with van der Waals surface area (Å²) >= 11 is 5.94. The molecule has 2 amide bonds. The van der Waals surface area contributed by atoms with Gasteiger partial charge < -0.3 is 15.4 Å². The monoisotopic (exact) mass is 462 g/mol. The standard InChI is InChI=1S/C24H23ClN6O2/c1-14-15(2)30-31(16(14)3)22-13-23(27-17(4)26-22)33-21-10-8-19(9-11-21)28-24(32)29-20-7-5-6-18(25)12-20/h5-13H,1-4H3,(H2,28,29,32). The van der Waals surface area contributed by atoms with Gasteiger partial charge in [0.25, 0.3) is 0 Å². The lowest BCUT2D eigenvalue weighted by atomic mass is 10.2. The lowest BCUT2D eigenvalue weighted by Gasteiger charge is -2.10. The molecule has 0 fully saturated rings. The van der Waals surface area contributed by atoms with Crippen LogP contribution in [0.3, 0.4) is 0 Å². The number of halogens is 1. The second-order valence-electron chi connectivity index (χ2n) is 7.54. The summed E-state index contributed by atoms with van der Waals surface area (Å²) in [4.78, 5) is 21.1. The molecule has 0 bridgehead atoms. The molecule has 0 radical (unpaired) electrons. The Labute approximate surface area is 196 Å². The summed E-state index contributed by atoms with van der Waals surface area (Å²) in [6, 6.07) is 15.3. The number of hydrogen-bond donors (Lipinski definition) is 2.